The molecule has 43 heavy (non-hydrogen) atoms. The van der Waals surface area contributed by atoms with Crippen LogP contribution in [0.1, 0.15) is 70.9 Å². The van der Waals surface area contributed by atoms with E-state index in [0.717, 1.165) is 60.5 Å². The third kappa shape index (κ3) is 4.57. The van der Waals surface area contributed by atoms with E-state index in [9.17, 15) is 18.8 Å². The number of rotatable bonds is 7. The first-order chi connectivity index (χ1) is 20.8. The zero-order valence-electron chi connectivity index (χ0n) is 23.4. The molecule has 0 unspecified atom stereocenters. The molecule has 3 fully saturated rings. The molecule has 1 aromatic carbocycles. The molecule has 0 atom stereocenters. The molecule has 4 heterocycles. The Hall–Kier alpha value is -4.88. The Morgan fingerprint density at radius 2 is 1.86 bits per heavy atom. The van der Waals surface area contributed by atoms with Crippen molar-refractivity contribution in [1.82, 2.24) is 40.0 Å². The molecule has 14 heteroatoms. The number of carbonyl (C=O) groups is 3. The molecule has 3 aliphatic carbocycles. The van der Waals surface area contributed by atoms with Crippen LogP contribution in [0.3, 0.4) is 0 Å². The molecule has 222 valence electrons. The summed E-state index contributed by atoms with van der Waals surface area (Å²) < 4.78 is 28.3. The van der Waals surface area contributed by atoms with E-state index in [-0.39, 0.29) is 35.0 Å². The normalized spacial score (nSPS) is 21.9. The summed E-state index contributed by atoms with van der Waals surface area (Å²) in [6.45, 7) is 0.860. The number of halogens is 1. The van der Waals surface area contributed by atoms with Crippen molar-refractivity contribution in [3.63, 3.8) is 0 Å². The van der Waals surface area contributed by atoms with Gasteiger partial charge < -0.3 is 20.1 Å². The molecule has 4 aromatic rings. The average Bonchev–Trinajstić information content (AvgIpc) is 3.69. The van der Waals surface area contributed by atoms with E-state index in [4.69, 9.17) is 9.47 Å². The summed E-state index contributed by atoms with van der Waals surface area (Å²) in [6.07, 6.45) is 7.12. The first-order valence-electron chi connectivity index (χ1n) is 14.1. The largest absolute Gasteiger partial charge is 0.483 e. The van der Waals surface area contributed by atoms with Crippen LogP contribution in [0.4, 0.5) is 4.39 Å². The highest BCUT2D eigenvalue weighted by atomic mass is 19.1. The Kier molecular flexibility index (Phi) is 6.36. The van der Waals surface area contributed by atoms with Gasteiger partial charge in [-0.2, -0.15) is 5.10 Å². The zero-order valence-corrected chi connectivity index (χ0v) is 23.4. The van der Waals surface area contributed by atoms with Crippen LogP contribution >= 0.6 is 0 Å². The Morgan fingerprint density at radius 1 is 1.07 bits per heavy atom. The van der Waals surface area contributed by atoms with E-state index in [1.807, 2.05) is 22.8 Å². The lowest BCUT2D eigenvalue weighted by atomic mass is 9.53. The van der Waals surface area contributed by atoms with Gasteiger partial charge in [-0.3, -0.25) is 19.0 Å². The number of amides is 2. The van der Waals surface area contributed by atoms with Crippen LogP contribution in [0.15, 0.2) is 36.8 Å². The minimum atomic E-state index is -0.750. The lowest BCUT2D eigenvalue weighted by molar-refractivity contribution is -0.162. The number of benzene rings is 1. The topological polar surface area (TPSA) is 155 Å². The van der Waals surface area contributed by atoms with Gasteiger partial charge in [-0.25, -0.2) is 13.9 Å². The predicted molar refractivity (Wildman–Crippen MR) is 147 cm³/mol. The van der Waals surface area contributed by atoms with Crippen LogP contribution in [-0.4, -0.2) is 60.8 Å². The highest BCUT2D eigenvalue weighted by Gasteiger charge is 2.53. The Balaban J connectivity index is 1.06. The van der Waals surface area contributed by atoms with Crippen molar-refractivity contribution in [3.8, 4) is 11.4 Å². The molecule has 13 nitrogen and oxygen atoms in total. The smallest absolute Gasteiger partial charge is 0.311 e. The quantitative estimate of drug-likeness (QED) is 0.310. The van der Waals surface area contributed by atoms with E-state index < -0.39 is 23.0 Å². The van der Waals surface area contributed by atoms with Gasteiger partial charge in [0.25, 0.3) is 11.8 Å². The average molecular weight is 589 g/mol. The lowest BCUT2D eigenvalue weighted by Gasteiger charge is -2.51. The number of methoxy groups -OCH3 is 1. The van der Waals surface area contributed by atoms with Gasteiger partial charge in [0.2, 0.25) is 0 Å². The van der Waals surface area contributed by atoms with Crippen molar-refractivity contribution < 1.29 is 28.2 Å². The molecule has 3 aromatic heterocycles. The van der Waals surface area contributed by atoms with Crippen molar-refractivity contribution in [2.45, 2.75) is 51.7 Å². The van der Waals surface area contributed by atoms with E-state index in [1.54, 1.807) is 6.33 Å². The number of fused-ring (bicyclic) bond motifs is 7. The van der Waals surface area contributed by atoms with Gasteiger partial charge in [-0.05, 0) is 61.6 Å². The Labute approximate surface area is 244 Å². The third-order valence-electron chi connectivity index (χ3n) is 9.25. The minimum Gasteiger partial charge on any atom is -0.483 e. The number of carbonyl (C=O) groups excluding carboxylic acids is 3. The van der Waals surface area contributed by atoms with Gasteiger partial charge >= 0.3 is 5.97 Å². The van der Waals surface area contributed by atoms with Gasteiger partial charge in [0.15, 0.2) is 17.3 Å². The molecule has 4 aliphatic rings. The van der Waals surface area contributed by atoms with Crippen molar-refractivity contribution in [3.05, 3.63) is 65.4 Å². The summed E-state index contributed by atoms with van der Waals surface area (Å²) in [5.41, 5.74) is 0.652. The Bertz CT molecular complexity index is 1760. The van der Waals surface area contributed by atoms with Crippen LogP contribution in [0.5, 0.6) is 5.75 Å². The number of hydrogen-bond acceptors (Lipinski definition) is 9. The van der Waals surface area contributed by atoms with Crippen molar-refractivity contribution in [1.29, 1.82) is 0 Å². The molecule has 0 radical (unpaired) electrons. The summed E-state index contributed by atoms with van der Waals surface area (Å²) in [4.78, 5) is 43.1. The van der Waals surface area contributed by atoms with Crippen LogP contribution < -0.4 is 15.4 Å². The van der Waals surface area contributed by atoms with Gasteiger partial charge in [-0.15, -0.1) is 10.2 Å². The van der Waals surface area contributed by atoms with Gasteiger partial charge in [0.05, 0.1) is 24.4 Å². The standard InChI is InChI=1S/C29H29FN8O5/c1-42-27(41)29-7-4-28(5-8-29,6-9-29)15-32-26(40)21-11-19(35-24-18(30)13-34-38(21)24)25(39)31-12-17-2-3-22-20(10-17)37-16-33-36-23(37)14-43-22/h2-3,10-11,13,16H,4-9,12,14-15H2,1H3,(H,31,39)(H,32,40). The molecule has 0 saturated heterocycles. The van der Waals surface area contributed by atoms with Gasteiger partial charge in [0.1, 0.15) is 30.1 Å². The molecule has 8 rings (SSSR count). The van der Waals surface area contributed by atoms with Gasteiger partial charge in [-0.1, -0.05) is 6.07 Å². The minimum absolute atomic E-state index is 0.00274. The second kappa shape index (κ2) is 10.1. The summed E-state index contributed by atoms with van der Waals surface area (Å²) >= 11 is 0. The fraction of sp³-hybridized carbons (Fsp3) is 0.414. The van der Waals surface area contributed by atoms with Crippen LogP contribution in [-0.2, 0) is 22.7 Å². The second-order valence-corrected chi connectivity index (χ2v) is 11.6. The number of nitrogens with zero attached hydrogens (tertiary/aromatic N) is 6. The van der Waals surface area contributed by atoms with E-state index in [1.165, 1.54) is 13.2 Å². The second-order valence-electron chi connectivity index (χ2n) is 11.6. The maximum Gasteiger partial charge on any atom is 0.311 e. The summed E-state index contributed by atoms with van der Waals surface area (Å²) in [7, 11) is 1.42. The fourth-order valence-corrected chi connectivity index (χ4v) is 6.58. The van der Waals surface area contributed by atoms with E-state index >= 15 is 0 Å². The zero-order chi connectivity index (χ0) is 29.8. The molecule has 2 N–H and O–H groups in total. The van der Waals surface area contributed by atoms with E-state index in [2.05, 4.69) is 30.9 Å². The number of aromatic nitrogens is 6. The fourth-order valence-electron chi connectivity index (χ4n) is 6.58. The van der Waals surface area contributed by atoms with Crippen molar-refractivity contribution in [2.75, 3.05) is 13.7 Å². The maximum atomic E-state index is 14.6. The first-order valence-corrected chi connectivity index (χ1v) is 14.1. The van der Waals surface area contributed by atoms with Crippen LogP contribution in [0.25, 0.3) is 11.3 Å². The number of esters is 1. The highest BCUT2D eigenvalue weighted by molar-refractivity contribution is 5.98. The Morgan fingerprint density at radius 3 is 2.63 bits per heavy atom. The number of ether oxygens (including phenoxy) is 2. The van der Waals surface area contributed by atoms with Crippen LogP contribution in [0.2, 0.25) is 0 Å². The lowest BCUT2D eigenvalue weighted by Crippen LogP contribution is -2.50. The van der Waals surface area contributed by atoms with Crippen molar-refractivity contribution in [2.24, 2.45) is 10.8 Å². The third-order valence-corrected chi connectivity index (χ3v) is 9.25. The molecular weight excluding hydrogens is 559 g/mol. The first kappa shape index (κ1) is 27.0. The monoisotopic (exact) mass is 588 g/mol. The number of nitrogens with one attached hydrogen (secondary N) is 2. The SMILES string of the molecule is COC(=O)C12CCC(CNC(=O)c3cc(C(=O)NCc4ccc5c(c4)-n4cnnc4CO5)nc4c(F)cnn34)(CC1)CC2. The molecule has 3 saturated carbocycles. The molecular formula is C29H29FN8O5. The highest BCUT2D eigenvalue weighted by Crippen LogP contribution is 2.57. The van der Waals surface area contributed by atoms with E-state index in [0.29, 0.717) is 24.7 Å². The molecule has 2 amide bonds. The molecule has 1 aliphatic heterocycles. The maximum absolute atomic E-state index is 14.6. The summed E-state index contributed by atoms with van der Waals surface area (Å²) in [5, 5.41) is 17.7. The summed E-state index contributed by atoms with van der Waals surface area (Å²) in [6, 6.07) is 6.81. The van der Waals surface area contributed by atoms with Gasteiger partial charge in [0, 0.05) is 19.2 Å². The summed E-state index contributed by atoms with van der Waals surface area (Å²) in [5.74, 6) is -0.630. The van der Waals surface area contributed by atoms with Crippen molar-refractivity contribution >= 4 is 23.4 Å². The van der Waals surface area contributed by atoms with Crippen LogP contribution in [0, 0.1) is 16.6 Å². The number of hydrogen-bond donors (Lipinski definition) is 2. The molecule has 2 bridgehead atoms. The molecule has 0 spiro atoms. The predicted octanol–water partition coefficient (Wildman–Crippen LogP) is 2.51.